The zero-order chi connectivity index (χ0) is 24.5. The van der Waals surface area contributed by atoms with E-state index in [4.69, 9.17) is 9.72 Å². The molecule has 0 saturated heterocycles. The molecule has 3 aromatic carbocycles. The third-order valence-electron chi connectivity index (χ3n) is 5.74. The van der Waals surface area contributed by atoms with Crippen molar-refractivity contribution in [1.82, 2.24) is 13.9 Å². The molecule has 0 bridgehead atoms. The van der Waals surface area contributed by atoms with Gasteiger partial charge in [0, 0.05) is 11.5 Å². The Bertz CT molecular complexity index is 1500. The Morgan fingerprint density at radius 1 is 1.03 bits per heavy atom. The minimum Gasteiger partial charge on any atom is -0.495 e. The topological polar surface area (TPSA) is 81.5 Å². The van der Waals surface area contributed by atoms with E-state index in [0.717, 1.165) is 4.47 Å². The number of hydrogen-bond acceptors (Lipinski definition) is 5. The fourth-order valence-electron chi connectivity index (χ4n) is 3.96. The Hall–Kier alpha value is -3.01. The Morgan fingerprint density at radius 3 is 2.35 bits per heavy atom. The minimum atomic E-state index is -3.87. The summed E-state index contributed by atoms with van der Waals surface area (Å²) < 4.78 is 36.1. The van der Waals surface area contributed by atoms with Crippen LogP contribution in [0.3, 0.4) is 0 Å². The SMILES string of the molecule is CCC(c1nc2ccccc2c(=O)n1-c1ccccc1OC)N(C)S(=O)(=O)c1ccc(Br)cc1. The highest BCUT2D eigenvalue weighted by atomic mass is 79.9. The molecule has 1 aromatic heterocycles. The van der Waals surface area contributed by atoms with Gasteiger partial charge < -0.3 is 4.74 Å². The van der Waals surface area contributed by atoms with Crippen LogP contribution in [0.15, 0.2) is 87.0 Å². The number of hydrogen-bond donors (Lipinski definition) is 0. The van der Waals surface area contributed by atoms with Crippen LogP contribution in [0.2, 0.25) is 0 Å². The van der Waals surface area contributed by atoms with E-state index in [0.29, 0.717) is 34.6 Å². The molecule has 7 nitrogen and oxygen atoms in total. The largest absolute Gasteiger partial charge is 0.495 e. The van der Waals surface area contributed by atoms with Crippen molar-refractivity contribution < 1.29 is 13.2 Å². The number of sulfonamides is 1. The molecule has 0 N–H and O–H groups in total. The number of aromatic nitrogens is 2. The van der Waals surface area contributed by atoms with Crippen LogP contribution in [0, 0.1) is 0 Å². The fourth-order valence-corrected chi connectivity index (χ4v) is 5.62. The van der Waals surface area contributed by atoms with Crippen molar-refractivity contribution in [3.63, 3.8) is 0 Å². The molecule has 0 amide bonds. The molecule has 4 aromatic rings. The molecule has 0 aliphatic rings. The van der Waals surface area contributed by atoms with Crippen LogP contribution in [-0.4, -0.2) is 36.4 Å². The first kappa shape index (κ1) is 24.1. The van der Waals surface area contributed by atoms with Crippen molar-refractivity contribution in [2.75, 3.05) is 14.2 Å². The molecule has 1 heterocycles. The summed E-state index contributed by atoms with van der Waals surface area (Å²) in [6.45, 7) is 1.87. The third-order valence-corrected chi connectivity index (χ3v) is 8.15. The van der Waals surface area contributed by atoms with Gasteiger partial charge in [-0.2, -0.15) is 4.31 Å². The number of para-hydroxylation sites is 3. The van der Waals surface area contributed by atoms with E-state index in [1.807, 2.05) is 13.0 Å². The van der Waals surface area contributed by atoms with E-state index in [9.17, 15) is 13.2 Å². The first-order chi connectivity index (χ1) is 16.3. The summed E-state index contributed by atoms with van der Waals surface area (Å²) >= 11 is 3.34. The normalized spacial score (nSPS) is 12.7. The molecule has 0 fully saturated rings. The maximum Gasteiger partial charge on any atom is 0.266 e. The second kappa shape index (κ2) is 9.69. The Labute approximate surface area is 206 Å². The lowest BCUT2D eigenvalue weighted by Gasteiger charge is -2.28. The predicted octanol–water partition coefficient (Wildman–Crippen LogP) is 4.93. The summed E-state index contributed by atoms with van der Waals surface area (Å²) in [5.74, 6) is 0.801. The Kier molecular flexibility index (Phi) is 6.88. The van der Waals surface area contributed by atoms with E-state index in [1.54, 1.807) is 66.7 Å². The highest BCUT2D eigenvalue weighted by molar-refractivity contribution is 9.10. The van der Waals surface area contributed by atoms with Gasteiger partial charge in [-0.3, -0.25) is 9.36 Å². The number of methoxy groups -OCH3 is 1. The molecule has 1 unspecified atom stereocenters. The third kappa shape index (κ3) is 4.26. The van der Waals surface area contributed by atoms with E-state index in [-0.39, 0.29) is 10.5 Å². The highest BCUT2D eigenvalue weighted by Gasteiger charge is 2.32. The van der Waals surface area contributed by atoms with Crippen LogP contribution >= 0.6 is 15.9 Å². The quantitative estimate of drug-likeness (QED) is 0.331. The maximum atomic E-state index is 13.7. The second-order valence-corrected chi connectivity index (χ2v) is 10.6. The smallest absolute Gasteiger partial charge is 0.266 e. The van der Waals surface area contributed by atoms with Crippen molar-refractivity contribution in [3.05, 3.63) is 93.4 Å². The van der Waals surface area contributed by atoms with Crippen LogP contribution in [0.4, 0.5) is 0 Å². The number of halogens is 1. The molecular weight excluding hydrogens is 518 g/mol. The first-order valence-electron chi connectivity index (χ1n) is 10.7. The van der Waals surface area contributed by atoms with Gasteiger partial charge in [-0.25, -0.2) is 13.4 Å². The fraction of sp³-hybridized carbons (Fsp3) is 0.200. The van der Waals surface area contributed by atoms with Gasteiger partial charge in [-0.05, 0) is 55.0 Å². The average Bonchev–Trinajstić information content (AvgIpc) is 2.85. The lowest BCUT2D eigenvalue weighted by molar-refractivity contribution is 0.346. The lowest BCUT2D eigenvalue weighted by atomic mass is 10.1. The molecule has 1 atom stereocenters. The highest BCUT2D eigenvalue weighted by Crippen LogP contribution is 2.32. The molecule has 0 spiro atoms. The van der Waals surface area contributed by atoms with Gasteiger partial charge in [0.25, 0.3) is 5.56 Å². The maximum absolute atomic E-state index is 13.7. The first-order valence-corrected chi connectivity index (χ1v) is 12.9. The van der Waals surface area contributed by atoms with Crippen LogP contribution in [0.5, 0.6) is 5.75 Å². The number of ether oxygens (including phenoxy) is 1. The summed E-state index contributed by atoms with van der Waals surface area (Å²) in [6.07, 6.45) is 0.395. The molecule has 0 radical (unpaired) electrons. The van der Waals surface area contributed by atoms with Crippen molar-refractivity contribution in [3.8, 4) is 11.4 Å². The molecule has 176 valence electrons. The number of rotatable bonds is 7. The number of fused-ring (bicyclic) bond motifs is 1. The van der Waals surface area contributed by atoms with E-state index < -0.39 is 16.1 Å². The van der Waals surface area contributed by atoms with Gasteiger partial charge in [0.2, 0.25) is 10.0 Å². The zero-order valence-electron chi connectivity index (χ0n) is 19.0. The van der Waals surface area contributed by atoms with Crippen molar-refractivity contribution in [2.24, 2.45) is 0 Å². The van der Waals surface area contributed by atoms with E-state index >= 15 is 0 Å². The summed E-state index contributed by atoms with van der Waals surface area (Å²) in [5.41, 5.74) is 0.704. The molecular formula is C25H24BrN3O4S. The van der Waals surface area contributed by atoms with Crippen LogP contribution in [-0.2, 0) is 10.0 Å². The van der Waals surface area contributed by atoms with Crippen LogP contribution in [0.1, 0.15) is 25.2 Å². The Balaban J connectivity index is 1.98. The van der Waals surface area contributed by atoms with Gasteiger partial charge in [0.1, 0.15) is 11.6 Å². The van der Waals surface area contributed by atoms with Gasteiger partial charge in [-0.1, -0.05) is 47.1 Å². The van der Waals surface area contributed by atoms with Crippen LogP contribution in [0.25, 0.3) is 16.6 Å². The minimum absolute atomic E-state index is 0.156. The second-order valence-electron chi connectivity index (χ2n) is 7.70. The van der Waals surface area contributed by atoms with Crippen molar-refractivity contribution >= 4 is 36.9 Å². The van der Waals surface area contributed by atoms with Crippen molar-refractivity contribution in [2.45, 2.75) is 24.3 Å². The van der Waals surface area contributed by atoms with Crippen LogP contribution < -0.4 is 10.3 Å². The summed E-state index contributed by atoms with van der Waals surface area (Å²) in [5, 5.41) is 0.436. The lowest BCUT2D eigenvalue weighted by Crippen LogP contribution is -2.36. The van der Waals surface area contributed by atoms with E-state index in [1.165, 1.54) is 23.0 Å². The summed E-state index contributed by atoms with van der Waals surface area (Å²) in [6, 6.07) is 19.9. The average molecular weight is 542 g/mol. The predicted molar refractivity (Wildman–Crippen MR) is 136 cm³/mol. The van der Waals surface area contributed by atoms with Gasteiger partial charge in [-0.15, -0.1) is 0 Å². The number of benzene rings is 3. The molecule has 0 aliphatic carbocycles. The molecule has 9 heteroatoms. The molecule has 0 saturated carbocycles. The monoisotopic (exact) mass is 541 g/mol. The van der Waals surface area contributed by atoms with Crippen molar-refractivity contribution in [1.29, 1.82) is 0 Å². The van der Waals surface area contributed by atoms with Gasteiger partial charge in [0.05, 0.1) is 34.6 Å². The molecule has 4 rings (SSSR count). The molecule has 0 aliphatic heterocycles. The number of nitrogens with zero attached hydrogens (tertiary/aromatic N) is 3. The summed E-state index contributed by atoms with van der Waals surface area (Å²) in [7, 11) is -0.830. The Morgan fingerprint density at radius 2 is 1.68 bits per heavy atom. The summed E-state index contributed by atoms with van der Waals surface area (Å²) in [4.78, 5) is 18.7. The van der Waals surface area contributed by atoms with Gasteiger partial charge >= 0.3 is 0 Å². The van der Waals surface area contributed by atoms with Gasteiger partial charge in [0.15, 0.2) is 0 Å². The standard InChI is InChI=1S/C25H24BrN3O4S/c1-4-21(28(2)34(31,32)18-15-13-17(26)14-16-18)24-27-20-10-6-5-9-19(20)25(30)29(24)22-11-7-8-12-23(22)33-3/h5-16,21H,4H2,1-3H3. The van der Waals surface area contributed by atoms with E-state index in [2.05, 4.69) is 15.9 Å². The zero-order valence-corrected chi connectivity index (χ0v) is 21.4. The molecule has 34 heavy (non-hydrogen) atoms.